The first-order valence-corrected chi connectivity index (χ1v) is 7.01. The molecular formula is C15H16FNO2S. The molecule has 0 unspecified atom stereocenters. The van der Waals surface area contributed by atoms with Gasteiger partial charge in [0.1, 0.15) is 17.3 Å². The minimum absolute atomic E-state index is 0.273. The number of halogens is 1. The number of methoxy groups -OCH3 is 2. The second-order valence-corrected chi connectivity index (χ2v) is 5.17. The topological polar surface area (TPSA) is 44.5 Å². The van der Waals surface area contributed by atoms with Gasteiger partial charge < -0.3 is 15.2 Å². The maximum Gasteiger partial charge on any atom is 0.134 e. The van der Waals surface area contributed by atoms with Crippen LogP contribution < -0.4 is 15.2 Å². The number of hydrogen-bond donors (Lipinski definition) is 1. The number of nitrogens with two attached hydrogens (primary N) is 1. The van der Waals surface area contributed by atoms with Crippen LogP contribution in [0.25, 0.3) is 0 Å². The summed E-state index contributed by atoms with van der Waals surface area (Å²) in [7, 11) is 3.17. The van der Waals surface area contributed by atoms with Crippen molar-refractivity contribution in [2.24, 2.45) is 0 Å². The van der Waals surface area contributed by atoms with Crippen LogP contribution in [0.4, 0.5) is 10.1 Å². The Morgan fingerprint density at radius 3 is 2.50 bits per heavy atom. The van der Waals surface area contributed by atoms with Crippen LogP contribution in [0.2, 0.25) is 0 Å². The van der Waals surface area contributed by atoms with E-state index in [4.69, 9.17) is 15.2 Å². The smallest absolute Gasteiger partial charge is 0.134 e. The molecule has 3 nitrogen and oxygen atoms in total. The minimum Gasteiger partial charge on any atom is -0.496 e. The van der Waals surface area contributed by atoms with Crippen LogP contribution >= 0.6 is 11.8 Å². The minimum atomic E-state index is -0.273. The van der Waals surface area contributed by atoms with Gasteiger partial charge in [-0.05, 0) is 30.3 Å². The van der Waals surface area contributed by atoms with Crippen molar-refractivity contribution in [1.29, 1.82) is 0 Å². The summed E-state index contributed by atoms with van der Waals surface area (Å²) in [6.45, 7) is 0. The zero-order chi connectivity index (χ0) is 14.5. The highest BCUT2D eigenvalue weighted by atomic mass is 32.2. The van der Waals surface area contributed by atoms with Gasteiger partial charge in [-0.1, -0.05) is 0 Å². The maximum atomic E-state index is 13.3. The van der Waals surface area contributed by atoms with Gasteiger partial charge in [-0.2, -0.15) is 0 Å². The van der Waals surface area contributed by atoms with Crippen molar-refractivity contribution < 1.29 is 13.9 Å². The molecule has 0 heterocycles. The summed E-state index contributed by atoms with van der Waals surface area (Å²) in [6, 6.07) is 9.97. The van der Waals surface area contributed by atoms with Crippen LogP contribution in [0, 0.1) is 5.82 Å². The molecule has 0 aromatic heterocycles. The quantitative estimate of drug-likeness (QED) is 0.674. The molecule has 0 fully saturated rings. The average Bonchev–Trinajstić information content (AvgIpc) is 2.46. The monoisotopic (exact) mass is 293 g/mol. The molecule has 2 N–H and O–H groups in total. The van der Waals surface area contributed by atoms with Gasteiger partial charge >= 0.3 is 0 Å². The zero-order valence-electron chi connectivity index (χ0n) is 11.4. The standard InChI is InChI=1S/C15H16FNO2S/c1-18-13-5-3-11(16)7-10(13)9-20-15-6-4-12(17)8-14(15)19-2/h3-8H,9,17H2,1-2H3. The molecule has 0 saturated heterocycles. The summed E-state index contributed by atoms with van der Waals surface area (Å²) < 4.78 is 23.8. The molecule has 0 saturated carbocycles. The Morgan fingerprint density at radius 1 is 1.05 bits per heavy atom. The predicted molar refractivity (Wildman–Crippen MR) is 79.9 cm³/mol. The molecule has 0 aliphatic heterocycles. The first-order chi connectivity index (χ1) is 9.63. The van der Waals surface area contributed by atoms with Crippen molar-refractivity contribution in [3.8, 4) is 11.5 Å². The van der Waals surface area contributed by atoms with Crippen LogP contribution in [-0.4, -0.2) is 14.2 Å². The van der Waals surface area contributed by atoms with E-state index >= 15 is 0 Å². The highest BCUT2D eigenvalue weighted by Crippen LogP contribution is 2.35. The Hall–Kier alpha value is -1.88. The van der Waals surface area contributed by atoms with Crippen LogP contribution in [-0.2, 0) is 5.75 Å². The van der Waals surface area contributed by atoms with Crippen molar-refractivity contribution in [1.82, 2.24) is 0 Å². The van der Waals surface area contributed by atoms with Gasteiger partial charge in [0.25, 0.3) is 0 Å². The predicted octanol–water partition coefficient (Wildman–Crippen LogP) is 3.72. The van der Waals surface area contributed by atoms with E-state index in [1.807, 2.05) is 12.1 Å². The fourth-order valence-corrected chi connectivity index (χ4v) is 2.80. The molecule has 0 aliphatic rings. The van der Waals surface area contributed by atoms with E-state index < -0.39 is 0 Å². The van der Waals surface area contributed by atoms with Crippen molar-refractivity contribution in [3.63, 3.8) is 0 Å². The molecule has 0 spiro atoms. The van der Waals surface area contributed by atoms with Gasteiger partial charge in [-0.3, -0.25) is 0 Å². The summed E-state index contributed by atoms with van der Waals surface area (Å²) in [5, 5.41) is 0. The van der Waals surface area contributed by atoms with E-state index in [-0.39, 0.29) is 5.82 Å². The second kappa shape index (κ2) is 6.52. The third-order valence-electron chi connectivity index (χ3n) is 2.81. The molecule has 106 valence electrons. The highest BCUT2D eigenvalue weighted by Gasteiger charge is 2.08. The van der Waals surface area contributed by atoms with Gasteiger partial charge in [0.2, 0.25) is 0 Å². The number of nitrogen functional groups attached to an aromatic ring is 1. The molecule has 20 heavy (non-hydrogen) atoms. The molecule has 2 rings (SSSR count). The molecule has 0 bridgehead atoms. The first kappa shape index (κ1) is 14.5. The summed E-state index contributed by atoms with van der Waals surface area (Å²) in [5.41, 5.74) is 7.17. The highest BCUT2D eigenvalue weighted by molar-refractivity contribution is 7.98. The van der Waals surface area contributed by atoms with Gasteiger partial charge in [0, 0.05) is 28.0 Å². The van der Waals surface area contributed by atoms with Gasteiger partial charge in [-0.15, -0.1) is 11.8 Å². The summed E-state index contributed by atoms with van der Waals surface area (Å²) in [6.07, 6.45) is 0. The second-order valence-electron chi connectivity index (χ2n) is 4.16. The lowest BCUT2D eigenvalue weighted by molar-refractivity contribution is 0.405. The maximum absolute atomic E-state index is 13.3. The van der Waals surface area contributed by atoms with Crippen molar-refractivity contribution in [2.75, 3.05) is 20.0 Å². The largest absolute Gasteiger partial charge is 0.496 e. The van der Waals surface area contributed by atoms with Crippen LogP contribution in [0.15, 0.2) is 41.3 Å². The lowest BCUT2D eigenvalue weighted by Crippen LogP contribution is -1.93. The van der Waals surface area contributed by atoms with Crippen LogP contribution in [0.3, 0.4) is 0 Å². The van der Waals surface area contributed by atoms with Crippen LogP contribution in [0.1, 0.15) is 5.56 Å². The lowest BCUT2D eigenvalue weighted by atomic mass is 10.2. The number of ether oxygens (including phenoxy) is 2. The van der Waals surface area contributed by atoms with E-state index in [9.17, 15) is 4.39 Å². The Bertz CT molecular complexity index is 604. The number of benzene rings is 2. The molecule has 2 aromatic rings. The fraction of sp³-hybridized carbons (Fsp3) is 0.200. The number of anilines is 1. The Kier molecular flexibility index (Phi) is 4.74. The molecule has 0 amide bonds. The zero-order valence-corrected chi connectivity index (χ0v) is 12.2. The average molecular weight is 293 g/mol. The SMILES string of the molecule is COc1ccc(F)cc1CSc1ccc(N)cc1OC. The van der Waals surface area contributed by atoms with Gasteiger partial charge in [0.05, 0.1) is 14.2 Å². The van der Waals surface area contributed by atoms with Gasteiger partial charge in [-0.25, -0.2) is 4.39 Å². The third-order valence-corrected chi connectivity index (χ3v) is 3.92. The molecule has 0 radical (unpaired) electrons. The molecule has 5 heteroatoms. The molecular weight excluding hydrogens is 277 g/mol. The van der Waals surface area contributed by atoms with E-state index in [1.54, 1.807) is 38.1 Å². The van der Waals surface area contributed by atoms with E-state index in [1.165, 1.54) is 12.1 Å². The fourth-order valence-electron chi connectivity index (χ4n) is 1.82. The third kappa shape index (κ3) is 3.36. The van der Waals surface area contributed by atoms with E-state index in [2.05, 4.69) is 0 Å². The normalized spacial score (nSPS) is 10.3. The molecule has 0 aliphatic carbocycles. The molecule has 2 aromatic carbocycles. The van der Waals surface area contributed by atoms with Gasteiger partial charge in [0.15, 0.2) is 0 Å². The van der Waals surface area contributed by atoms with Crippen LogP contribution in [0.5, 0.6) is 11.5 Å². The summed E-state index contributed by atoms with van der Waals surface area (Å²) in [5.74, 6) is 1.70. The Morgan fingerprint density at radius 2 is 1.80 bits per heavy atom. The van der Waals surface area contributed by atoms with Crippen molar-refractivity contribution >= 4 is 17.4 Å². The number of thioether (sulfide) groups is 1. The Labute approximate surface area is 121 Å². The summed E-state index contributed by atoms with van der Waals surface area (Å²) >= 11 is 1.54. The molecule has 0 atom stereocenters. The Balaban J connectivity index is 2.18. The van der Waals surface area contributed by atoms with Crippen molar-refractivity contribution in [3.05, 3.63) is 47.8 Å². The lowest BCUT2D eigenvalue weighted by Gasteiger charge is -2.11. The summed E-state index contributed by atoms with van der Waals surface area (Å²) in [4.78, 5) is 0.952. The van der Waals surface area contributed by atoms with E-state index in [0.717, 1.165) is 10.5 Å². The van der Waals surface area contributed by atoms with Crippen molar-refractivity contribution in [2.45, 2.75) is 10.6 Å². The number of rotatable bonds is 5. The van der Waals surface area contributed by atoms with E-state index in [0.29, 0.717) is 22.9 Å². The first-order valence-electron chi connectivity index (χ1n) is 6.02. The number of hydrogen-bond acceptors (Lipinski definition) is 4.